The van der Waals surface area contributed by atoms with E-state index in [1.54, 1.807) is 18.0 Å². The Morgan fingerprint density at radius 3 is 2.94 bits per heavy atom. The summed E-state index contributed by atoms with van der Waals surface area (Å²) in [5.41, 5.74) is 0.665. The Kier molecular flexibility index (Phi) is 3.47. The van der Waals surface area contributed by atoms with Gasteiger partial charge in [-0.05, 0) is 12.6 Å². The van der Waals surface area contributed by atoms with Gasteiger partial charge in [-0.2, -0.15) is 0 Å². The molecule has 2 aliphatic rings. The second kappa shape index (κ2) is 4.75. The van der Waals surface area contributed by atoms with Gasteiger partial charge in [-0.1, -0.05) is 13.0 Å². The largest absolute Gasteiger partial charge is 0.357 e. The van der Waals surface area contributed by atoms with Gasteiger partial charge in [-0.3, -0.25) is 9.35 Å². The summed E-state index contributed by atoms with van der Waals surface area (Å²) < 4.78 is 24.6. The highest BCUT2D eigenvalue weighted by Gasteiger charge is 2.36. The van der Waals surface area contributed by atoms with Gasteiger partial charge >= 0.3 is 0 Å². The zero-order chi connectivity index (χ0) is 13.3. The zero-order valence-corrected chi connectivity index (χ0v) is 11.1. The molecule has 2 aliphatic heterocycles. The minimum absolute atomic E-state index is 0.163. The van der Waals surface area contributed by atoms with E-state index in [4.69, 9.17) is 4.55 Å². The molecule has 0 aromatic heterocycles. The van der Waals surface area contributed by atoms with E-state index >= 15 is 0 Å². The van der Waals surface area contributed by atoms with E-state index in [2.05, 4.69) is 9.50 Å². The molecule has 0 saturated carbocycles. The van der Waals surface area contributed by atoms with Crippen molar-refractivity contribution < 1.29 is 17.7 Å². The van der Waals surface area contributed by atoms with E-state index in [1.807, 2.05) is 19.3 Å². The maximum absolute atomic E-state index is 11.8. The molecule has 2 N–H and O–H groups in total. The molecule has 7 heteroatoms. The quantitative estimate of drug-likeness (QED) is 0.720. The van der Waals surface area contributed by atoms with Crippen molar-refractivity contribution in [3.8, 4) is 0 Å². The predicted octanol–water partition coefficient (Wildman–Crippen LogP) is 0.304. The van der Waals surface area contributed by atoms with E-state index in [-0.39, 0.29) is 23.4 Å². The van der Waals surface area contributed by atoms with Crippen LogP contribution in [0.15, 0.2) is 24.0 Å². The summed E-state index contributed by atoms with van der Waals surface area (Å²) in [6.07, 6.45) is 6.14. The molecule has 0 bridgehead atoms. The lowest BCUT2D eigenvalue weighted by Crippen LogP contribution is -2.32. The fraction of sp³-hybridized carbons (Fsp3) is 0.455. The van der Waals surface area contributed by atoms with Crippen molar-refractivity contribution in [3.05, 3.63) is 24.0 Å². The van der Waals surface area contributed by atoms with Gasteiger partial charge < -0.3 is 10.2 Å². The standard InChI is InChI=1S/C11H16N2O4S/c1-8(11-17-18(11,15)16)6-12-10(14)9-4-3-5-13(2)7-9/h3,5,7-8H,4,6H2,1-2H3,(H,12,14)(H,15,16). The van der Waals surface area contributed by atoms with Crippen molar-refractivity contribution in [2.75, 3.05) is 13.6 Å². The molecule has 2 heterocycles. The summed E-state index contributed by atoms with van der Waals surface area (Å²) >= 11 is 0. The topological polar surface area (TPSA) is 82.2 Å². The van der Waals surface area contributed by atoms with Crippen LogP contribution in [0.4, 0.5) is 0 Å². The second-order valence-corrected chi connectivity index (χ2v) is 5.92. The van der Waals surface area contributed by atoms with Crippen molar-refractivity contribution >= 4 is 21.0 Å². The van der Waals surface area contributed by atoms with Gasteiger partial charge in [0.25, 0.3) is 0 Å². The summed E-state index contributed by atoms with van der Waals surface area (Å²) in [5.74, 6) is -0.423. The first-order chi connectivity index (χ1) is 8.40. The molecular formula is C11H16N2O4S. The molecule has 0 fully saturated rings. The fourth-order valence-corrected chi connectivity index (χ4v) is 2.83. The fourth-order valence-electron chi connectivity index (χ4n) is 1.71. The Labute approximate surface area is 106 Å². The molecule has 0 saturated heterocycles. The monoisotopic (exact) mass is 272 g/mol. The molecule has 100 valence electrons. The molecule has 2 rings (SSSR count). The minimum atomic E-state index is -3.16. The molecule has 1 amide bonds. The molecule has 18 heavy (non-hydrogen) atoms. The van der Waals surface area contributed by atoms with Crippen LogP contribution in [-0.4, -0.2) is 38.2 Å². The summed E-state index contributed by atoms with van der Waals surface area (Å²) in [6, 6.07) is 0. The van der Waals surface area contributed by atoms with Gasteiger partial charge in [0.15, 0.2) is 5.05 Å². The van der Waals surface area contributed by atoms with Gasteiger partial charge in [-0.15, -0.1) is 0 Å². The van der Waals surface area contributed by atoms with Gasteiger partial charge in [0.05, 0.1) is 0 Å². The summed E-state index contributed by atoms with van der Waals surface area (Å²) in [5, 5.41) is 2.89. The minimum Gasteiger partial charge on any atom is -0.357 e. The molecule has 6 nitrogen and oxygen atoms in total. The number of allylic oxidation sites excluding steroid dienone is 1. The first-order valence-electron chi connectivity index (χ1n) is 5.60. The van der Waals surface area contributed by atoms with Crippen molar-refractivity contribution in [1.82, 2.24) is 10.2 Å². The maximum atomic E-state index is 11.8. The lowest BCUT2D eigenvalue weighted by Gasteiger charge is -2.16. The van der Waals surface area contributed by atoms with Crippen molar-refractivity contribution in [2.24, 2.45) is 5.92 Å². The van der Waals surface area contributed by atoms with Crippen LogP contribution in [0.5, 0.6) is 0 Å². The smallest absolute Gasteiger partial charge is 0.249 e. The maximum Gasteiger partial charge on any atom is 0.249 e. The van der Waals surface area contributed by atoms with Crippen LogP contribution in [-0.2, 0) is 19.1 Å². The number of hydrogen-bond acceptors (Lipinski definition) is 4. The second-order valence-electron chi connectivity index (χ2n) is 4.40. The van der Waals surface area contributed by atoms with Gasteiger partial charge in [0, 0.05) is 31.3 Å². The van der Waals surface area contributed by atoms with Crippen molar-refractivity contribution in [2.45, 2.75) is 13.3 Å². The van der Waals surface area contributed by atoms with Crippen LogP contribution < -0.4 is 5.32 Å². The van der Waals surface area contributed by atoms with Crippen LogP contribution in [0.3, 0.4) is 0 Å². The average molecular weight is 272 g/mol. The Morgan fingerprint density at radius 1 is 1.72 bits per heavy atom. The SMILES string of the molecule is CC(CNC(=O)C1=CN(C)C=CC1)C1=S(=O)(O)O1. The first kappa shape index (κ1) is 13.1. The third-order valence-electron chi connectivity index (χ3n) is 2.72. The van der Waals surface area contributed by atoms with E-state index in [9.17, 15) is 9.00 Å². The molecular weight excluding hydrogens is 256 g/mol. The van der Waals surface area contributed by atoms with Gasteiger partial charge in [0.2, 0.25) is 16.0 Å². The first-order valence-corrected chi connectivity index (χ1v) is 7.04. The van der Waals surface area contributed by atoms with Crippen LogP contribution >= 0.6 is 0 Å². The predicted molar refractivity (Wildman–Crippen MR) is 68.6 cm³/mol. The highest BCUT2D eigenvalue weighted by atomic mass is 32.3. The van der Waals surface area contributed by atoms with Crippen LogP contribution in [0.1, 0.15) is 13.3 Å². The van der Waals surface area contributed by atoms with E-state index in [0.29, 0.717) is 12.0 Å². The lowest BCUT2D eigenvalue weighted by molar-refractivity contribution is -0.117. The average Bonchev–Trinajstić information content (AvgIpc) is 2.95. The Bertz CT molecular complexity index is 543. The number of nitrogens with zero attached hydrogens (tertiary/aromatic N) is 1. The zero-order valence-electron chi connectivity index (χ0n) is 10.3. The Morgan fingerprint density at radius 2 is 2.39 bits per heavy atom. The number of carbonyl (C=O) groups is 1. The van der Waals surface area contributed by atoms with E-state index in [1.165, 1.54) is 0 Å². The lowest BCUT2D eigenvalue weighted by atomic mass is 10.1. The Balaban J connectivity index is 1.86. The number of hydrogen-bond donors (Lipinski definition) is 2. The Hall–Kier alpha value is -1.31. The summed E-state index contributed by atoms with van der Waals surface area (Å²) in [7, 11) is -1.31. The molecule has 2 atom stereocenters. The van der Waals surface area contributed by atoms with Crippen LogP contribution in [0, 0.1) is 5.92 Å². The molecule has 0 aromatic rings. The summed E-state index contributed by atoms with van der Waals surface area (Å²) in [4.78, 5) is 13.6. The third-order valence-corrected chi connectivity index (χ3v) is 3.97. The molecule has 0 aromatic carbocycles. The highest BCUT2D eigenvalue weighted by Crippen LogP contribution is 2.19. The van der Waals surface area contributed by atoms with Crippen LogP contribution in [0.25, 0.3) is 0 Å². The molecule has 0 aliphatic carbocycles. The number of nitrogens with one attached hydrogen (secondary N) is 1. The molecule has 2 unspecified atom stereocenters. The normalized spacial score (nSPS) is 27.8. The van der Waals surface area contributed by atoms with Crippen molar-refractivity contribution in [1.29, 1.82) is 0 Å². The number of rotatable bonds is 4. The summed E-state index contributed by atoms with van der Waals surface area (Å²) in [6.45, 7) is 2.02. The molecule has 0 spiro atoms. The number of amides is 1. The van der Waals surface area contributed by atoms with Crippen molar-refractivity contribution in [3.63, 3.8) is 0 Å². The molecule has 0 radical (unpaired) electrons. The highest BCUT2D eigenvalue weighted by molar-refractivity contribution is 7.99. The van der Waals surface area contributed by atoms with Crippen LogP contribution in [0.2, 0.25) is 0 Å². The van der Waals surface area contributed by atoms with Gasteiger partial charge in [-0.25, -0.2) is 8.39 Å². The van der Waals surface area contributed by atoms with E-state index < -0.39 is 10.1 Å². The van der Waals surface area contributed by atoms with E-state index in [0.717, 1.165) is 0 Å². The number of carbonyl (C=O) groups excluding carboxylic acids is 1. The third kappa shape index (κ3) is 2.92. The van der Waals surface area contributed by atoms with Gasteiger partial charge in [0.1, 0.15) is 0 Å².